The molecule has 0 amide bonds. The molecule has 0 aromatic rings. The van der Waals surface area contributed by atoms with E-state index in [1.165, 1.54) is 7.05 Å². The maximum absolute atomic E-state index is 10.6. The van der Waals surface area contributed by atoms with E-state index in [-0.39, 0.29) is 0 Å². The van der Waals surface area contributed by atoms with Gasteiger partial charge in [-0.15, -0.1) is 0 Å². The summed E-state index contributed by atoms with van der Waals surface area (Å²) < 4.78 is 22.1. The predicted molar refractivity (Wildman–Crippen MR) is 42.2 cm³/mol. The second-order valence-electron chi connectivity index (χ2n) is 2.01. The number of nitriles is 1. The summed E-state index contributed by atoms with van der Waals surface area (Å²) >= 11 is 0. The van der Waals surface area contributed by atoms with Crippen molar-refractivity contribution in [2.75, 3.05) is 7.05 Å². The van der Waals surface area contributed by atoms with Crippen molar-refractivity contribution in [2.24, 2.45) is 0 Å². The van der Waals surface area contributed by atoms with E-state index in [9.17, 15) is 8.42 Å². The fraction of sp³-hybridized carbons (Fsp3) is 0.800. The number of nitrogens with zero attached hydrogens (tertiary/aromatic N) is 2. The average molecular weight is 197 g/mol. The first-order valence-electron chi connectivity index (χ1n) is 3.00. The van der Waals surface area contributed by atoms with Crippen LogP contribution in [0, 0.1) is 11.3 Å². The molecule has 0 heterocycles. The Morgan fingerprint density at radius 1 is 1.73 bits per heavy atom. The molecule has 0 saturated heterocycles. The van der Waals surface area contributed by atoms with E-state index >= 15 is 0 Å². The van der Waals surface area contributed by atoms with Crippen LogP contribution in [-0.2, 0) is 9.24 Å². The van der Waals surface area contributed by atoms with Gasteiger partial charge in [0.25, 0.3) is 0 Å². The van der Waals surface area contributed by atoms with Gasteiger partial charge in [0.2, 0.25) is 0 Å². The van der Waals surface area contributed by atoms with E-state index in [0.29, 0.717) is 6.42 Å². The van der Waals surface area contributed by atoms with Crippen LogP contribution in [0.2, 0.25) is 0 Å². The van der Waals surface area contributed by atoms with E-state index in [1.54, 1.807) is 6.92 Å². The van der Waals surface area contributed by atoms with Crippen molar-refractivity contribution in [3.63, 3.8) is 0 Å². The molecular weight excluding hydrogens is 188 g/mol. The summed E-state index contributed by atoms with van der Waals surface area (Å²) in [4.78, 5) is 0. The Morgan fingerprint density at radius 3 is 2.27 bits per heavy atom. The maximum atomic E-state index is 10.6. The maximum Gasteiger partial charge on any atom is 0.300 e. The molecule has 4 nitrogen and oxygen atoms in total. The summed E-state index contributed by atoms with van der Waals surface area (Å²) in [5, 5.41) is 8.45. The van der Waals surface area contributed by atoms with Crippen molar-refractivity contribution >= 4 is 19.9 Å². The lowest BCUT2D eigenvalue weighted by atomic mass is 10.3. The summed E-state index contributed by atoms with van der Waals surface area (Å²) in [6.07, 6.45) is 0.430. The second-order valence-corrected chi connectivity index (χ2v) is 4.58. The minimum Gasteiger partial charge on any atom is -0.197 e. The molecule has 0 fully saturated rings. The number of halogens is 1. The zero-order valence-electron chi connectivity index (χ0n) is 6.28. The highest BCUT2D eigenvalue weighted by molar-refractivity contribution is 8.11. The van der Waals surface area contributed by atoms with Crippen molar-refractivity contribution in [1.29, 1.82) is 5.26 Å². The first-order valence-corrected chi connectivity index (χ1v) is 5.27. The quantitative estimate of drug-likeness (QED) is 0.625. The first-order chi connectivity index (χ1) is 4.93. The third-order valence-corrected chi connectivity index (χ3v) is 2.91. The molecule has 64 valence electrons. The van der Waals surface area contributed by atoms with Crippen LogP contribution in [0.4, 0.5) is 0 Å². The fourth-order valence-electron chi connectivity index (χ4n) is 0.582. The van der Waals surface area contributed by atoms with E-state index in [4.69, 9.17) is 15.9 Å². The average Bonchev–Trinajstić information content (AvgIpc) is 1.88. The largest absolute Gasteiger partial charge is 0.300 e. The van der Waals surface area contributed by atoms with Crippen LogP contribution in [0.5, 0.6) is 0 Å². The Kier molecular flexibility index (Phi) is 3.79. The van der Waals surface area contributed by atoms with Crippen LogP contribution in [0.3, 0.4) is 0 Å². The van der Waals surface area contributed by atoms with E-state index < -0.39 is 15.3 Å². The zero-order valence-corrected chi connectivity index (χ0v) is 7.85. The van der Waals surface area contributed by atoms with E-state index in [1.807, 2.05) is 6.07 Å². The van der Waals surface area contributed by atoms with Crippen LogP contribution in [0.1, 0.15) is 13.3 Å². The van der Waals surface area contributed by atoms with Gasteiger partial charge in [-0.05, 0) is 6.42 Å². The monoisotopic (exact) mass is 196 g/mol. The molecule has 0 spiro atoms. The van der Waals surface area contributed by atoms with E-state index in [2.05, 4.69) is 0 Å². The molecule has 0 aliphatic rings. The van der Waals surface area contributed by atoms with Crippen LogP contribution >= 0.6 is 10.7 Å². The van der Waals surface area contributed by atoms with Gasteiger partial charge in [-0.25, -0.2) is 0 Å². The number of hydrogen-bond acceptors (Lipinski definition) is 3. The standard InChI is InChI=1S/C5H9ClN2O2S/c1-3-5(4-7)8(2)11(6,9)10/h5H,3H2,1-2H3. The van der Waals surface area contributed by atoms with Gasteiger partial charge in [0.15, 0.2) is 0 Å². The SMILES string of the molecule is CCC(C#N)N(C)S(=O)(=O)Cl. The predicted octanol–water partition coefficient (Wildman–Crippen LogP) is 0.704. The molecule has 0 aliphatic heterocycles. The van der Waals surface area contributed by atoms with Crippen LogP contribution in [-0.4, -0.2) is 25.8 Å². The Hall–Kier alpha value is -0.310. The molecule has 0 bridgehead atoms. The Morgan fingerprint density at radius 2 is 2.18 bits per heavy atom. The number of hydrogen-bond donors (Lipinski definition) is 0. The van der Waals surface area contributed by atoms with E-state index in [0.717, 1.165) is 4.31 Å². The molecule has 0 aromatic carbocycles. The molecule has 0 radical (unpaired) electrons. The van der Waals surface area contributed by atoms with Crippen LogP contribution in [0.25, 0.3) is 0 Å². The minimum absolute atomic E-state index is 0.430. The van der Waals surface area contributed by atoms with Gasteiger partial charge in [-0.1, -0.05) is 6.92 Å². The molecule has 0 aliphatic carbocycles. The van der Waals surface area contributed by atoms with Crippen molar-refractivity contribution < 1.29 is 8.42 Å². The summed E-state index contributed by atoms with van der Waals surface area (Å²) in [6.45, 7) is 1.71. The fourth-order valence-corrected chi connectivity index (χ4v) is 1.37. The Bertz CT molecular complexity index is 256. The second kappa shape index (κ2) is 3.90. The highest BCUT2D eigenvalue weighted by Gasteiger charge is 2.21. The van der Waals surface area contributed by atoms with Gasteiger partial charge in [-0.3, -0.25) is 0 Å². The Labute approximate surface area is 70.9 Å². The summed E-state index contributed by atoms with van der Waals surface area (Å²) in [5.41, 5.74) is 0. The minimum atomic E-state index is -3.74. The lowest BCUT2D eigenvalue weighted by Gasteiger charge is -2.15. The van der Waals surface area contributed by atoms with Gasteiger partial charge in [0.1, 0.15) is 6.04 Å². The lowest BCUT2D eigenvalue weighted by Crippen LogP contribution is -2.32. The molecular formula is C5H9ClN2O2S. The number of rotatable bonds is 3. The third kappa shape index (κ3) is 3.06. The molecule has 11 heavy (non-hydrogen) atoms. The summed E-state index contributed by atoms with van der Waals surface area (Å²) in [6, 6.07) is 1.15. The summed E-state index contributed by atoms with van der Waals surface area (Å²) in [5.74, 6) is 0. The van der Waals surface area contributed by atoms with Gasteiger partial charge >= 0.3 is 9.24 Å². The molecule has 0 rings (SSSR count). The van der Waals surface area contributed by atoms with Crippen LogP contribution in [0.15, 0.2) is 0 Å². The normalized spacial score (nSPS) is 14.5. The molecule has 1 atom stereocenters. The highest BCUT2D eigenvalue weighted by Crippen LogP contribution is 2.09. The molecule has 0 saturated carbocycles. The van der Waals surface area contributed by atoms with Gasteiger partial charge in [-0.2, -0.15) is 18.0 Å². The first kappa shape index (κ1) is 10.7. The highest BCUT2D eigenvalue weighted by atomic mass is 35.7. The topological polar surface area (TPSA) is 61.2 Å². The molecule has 6 heteroatoms. The van der Waals surface area contributed by atoms with Crippen molar-refractivity contribution in [3.05, 3.63) is 0 Å². The molecule has 1 unspecified atom stereocenters. The molecule has 0 aromatic heterocycles. The zero-order chi connectivity index (χ0) is 9.07. The van der Waals surface area contributed by atoms with Crippen LogP contribution < -0.4 is 0 Å². The van der Waals surface area contributed by atoms with Gasteiger partial charge in [0.05, 0.1) is 6.07 Å². The summed E-state index contributed by atoms with van der Waals surface area (Å²) in [7, 11) is 2.52. The third-order valence-electron chi connectivity index (χ3n) is 1.32. The lowest BCUT2D eigenvalue weighted by molar-refractivity contribution is 0.425. The van der Waals surface area contributed by atoms with Gasteiger partial charge in [0, 0.05) is 17.7 Å². The van der Waals surface area contributed by atoms with Crippen molar-refractivity contribution in [1.82, 2.24) is 4.31 Å². The molecule has 0 N–H and O–H groups in total. The smallest absolute Gasteiger partial charge is 0.197 e. The Balaban J connectivity index is 4.50. The van der Waals surface area contributed by atoms with Crippen molar-refractivity contribution in [2.45, 2.75) is 19.4 Å². The van der Waals surface area contributed by atoms with Gasteiger partial charge < -0.3 is 0 Å². The van der Waals surface area contributed by atoms with Crippen molar-refractivity contribution in [3.8, 4) is 6.07 Å².